The van der Waals surface area contributed by atoms with Crippen molar-refractivity contribution in [2.24, 2.45) is 14.1 Å². The van der Waals surface area contributed by atoms with Crippen LogP contribution in [0, 0.1) is 17.0 Å². The molecule has 2 aromatic heterocycles. The van der Waals surface area contributed by atoms with Crippen molar-refractivity contribution in [1.82, 2.24) is 13.7 Å². The van der Waals surface area contributed by atoms with E-state index in [2.05, 4.69) is 0 Å². The molecule has 2 heterocycles. The first kappa shape index (κ1) is 18.4. The highest BCUT2D eigenvalue weighted by Gasteiger charge is 2.21. The number of benzene rings is 2. The zero-order chi connectivity index (χ0) is 20.9. The second-order valence-electron chi connectivity index (χ2n) is 6.96. The molecular formula is C21H18N4O4. The van der Waals surface area contributed by atoms with E-state index in [9.17, 15) is 19.7 Å². The third-order valence-corrected chi connectivity index (χ3v) is 5.05. The fourth-order valence-corrected chi connectivity index (χ4v) is 3.57. The van der Waals surface area contributed by atoms with Gasteiger partial charge in [-0.2, -0.15) is 0 Å². The number of fused-ring (bicyclic) bond motifs is 1. The first-order valence-corrected chi connectivity index (χ1v) is 8.92. The summed E-state index contributed by atoms with van der Waals surface area (Å²) in [5, 5.41) is 11.6. The van der Waals surface area contributed by atoms with Gasteiger partial charge in [0.15, 0.2) is 0 Å². The standard InChI is InChI=1S/C21H18N4O4/c1-13-6-4-8-15(10-13)24-12-17-18(20(26)23(3)21(27)22(17)2)19(24)14-7-5-9-16(11-14)25(28)29/h4-12H,1-3H3. The van der Waals surface area contributed by atoms with Gasteiger partial charge in [-0.05, 0) is 24.6 Å². The molecule has 0 saturated carbocycles. The minimum atomic E-state index is -0.473. The fourth-order valence-electron chi connectivity index (χ4n) is 3.57. The number of nitro benzene ring substituents is 1. The topological polar surface area (TPSA) is 92.1 Å². The van der Waals surface area contributed by atoms with Crippen LogP contribution in [0.15, 0.2) is 64.3 Å². The van der Waals surface area contributed by atoms with Gasteiger partial charge in [0.2, 0.25) is 0 Å². The van der Waals surface area contributed by atoms with Crippen LogP contribution in [0.3, 0.4) is 0 Å². The average Bonchev–Trinajstić information content (AvgIpc) is 3.11. The zero-order valence-electron chi connectivity index (χ0n) is 16.1. The molecule has 0 spiro atoms. The van der Waals surface area contributed by atoms with Crippen molar-refractivity contribution in [3.05, 3.63) is 91.2 Å². The van der Waals surface area contributed by atoms with E-state index in [1.54, 1.807) is 29.9 Å². The number of rotatable bonds is 3. The molecule has 8 heteroatoms. The van der Waals surface area contributed by atoms with Crippen molar-refractivity contribution in [3.63, 3.8) is 0 Å². The van der Waals surface area contributed by atoms with Crippen molar-refractivity contribution in [1.29, 1.82) is 0 Å². The van der Waals surface area contributed by atoms with Gasteiger partial charge in [0.25, 0.3) is 11.2 Å². The van der Waals surface area contributed by atoms with Crippen LogP contribution in [-0.4, -0.2) is 18.6 Å². The predicted molar refractivity (Wildman–Crippen MR) is 111 cm³/mol. The van der Waals surface area contributed by atoms with Gasteiger partial charge >= 0.3 is 5.69 Å². The number of aryl methyl sites for hydroxylation is 2. The second kappa shape index (κ2) is 6.59. The molecule has 0 amide bonds. The van der Waals surface area contributed by atoms with E-state index in [0.29, 0.717) is 22.2 Å². The molecule has 2 aromatic carbocycles. The quantitative estimate of drug-likeness (QED) is 0.397. The summed E-state index contributed by atoms with van der Waals surface area (Å²) in [7, 11) is 3.02. The van der Waals surface area contributed by atoms with Crippen LogP contribution in [-0.2, 0) is 14.1 Å². The Labute approximate surface area is 165 Å². The molecule has 0 aliphatic carbocycles. The maximum atomic E-state index is 13.0. The van der Waals surface area contributed by atoms with Crippen LogP contribution in [0.4, 0.5) is 5.69 Å². The fraction of sp³-hybridized carbons (Fsp3) is 0.143. The van der Waals surface area contributed by atoms with E-state index in [1.807, 2.05) is 31.2 Å². The number of hydrogen-bond donors (Lipinski definition) is 0. The van der Waals surface area contributed by atoms with Crippen LogP contribution in [0.1, 0.15) is 5.56 Å². The summed E-state index contributed by atoms with van der Waals surface area (Å²) >= 11 is 0. The Morgan fingerprint density at radius 1 is 0.966 bits per heavy atom. The Morgan fingerprint density at radius 3 is 2.38 bits per heavy atom. The third kappa shape index (κ3) is 2.85. The van der Waals surface area contributed by atoms with E-state index in [1.165, 1.54) is 23.7 Å². The molecule has 0 N–H and O–H groups in total. The summed E-state index contributed by atoms with van der Waals surface area (Å²) < 4.78 is 4.26. The Morgan fingerprint density at radius 2 is 1.69 bits per heavy atom. The molecule has 0 fully saturated rings. The SMILES string of the molecule is Cc1cccc(-n2cc3c(c2-c2cccc([N+](=O)[O-])c2)c(=O)n(C)c(=O)n3C)c1. The molecule has 8 nitrogen and oxygen atoms in total. The van der Waals surface area contributed by atoms with E-state index >= 15 is 0 Å². The maximum absolute atomic E-state index is 13.0. The Hall–Kier alpha value is -3.94. The Bertz CT molecular complexity index is 1410. The lowest BCUT2D eigenvalue weighted by Crippen LogP contribution is -2.36. The third-order valence-electron chi connectivity index (χ3n) is 5.05. The van der Waals surface area contributed by atoms with Crippen LogP contribution < -0.4 is 11.2 Å². The number of non-ortho nitro benzene ring substituents is 1. The molecule has 0 bridgehead atoms. The first-order chi connectivity index (χ1) is 13.8. The molecule has 0 saturated heterocycles. The van der Waals surface area contributed by atoms with Gasteiger partial charge in [0, 0.05) is 43.7 Å². The van der Waals surface area contributed by atoms with Gasteiger partial charge in [0.1, 0.15) is 0 Å². The monoisotopic (exact) mass is 390 g/mol. The van der Waals surface area contributed by atoms with Crippen molar-refractivity contribution in [2.45, 2.75) is 6.92 Å². The summed E-state index contributed by atoms with van der Waals surface area (Å²) in [5.74, 6) is 0. The van der Waals surface area contributed by atoms with Crippen LogP contribution in [0.5, 0.6) is 0 Å². The minimum absolute atomic E-state index is 0.0747. The summed E-state index contributed by atoms with van der Waals surface area (Å²) in [6.45, 7) is 1.95. The van der Waals surface area contributed by atoms with Crippen molar-refractivity contribution in [2.75, 3.05) is 0 Å². The number of hydrogen-bond acceptors (Lipinski definition) is 4. The van der Waals surface area contributed by atoms with E-state index < -0.39 is 16.2 Å². The van der Waals surface area contributed by atoms with Crippen molar-refractivity contribution >= 4 is 16.6 Å². The first-order valence-electron chi connectivity index (χ1n) is 8.92. The molecule has 4 aromatic rings. The number of aromatic nitrogens is 3. The number of nitro groups is 1. The largest absolute Gasteiger partial charge is 0.330 e. The molecule has 0 radical (unpaired) electrons. The minimum Gasteiger partial charge on any atom is -0.314 e. The predicted octanol–water partition coefficient (Wildman–Crippen LogP) is 2.91. The van der Waals surface area contributed by atoms with Gasteiger partial charge in [0.05, 0.1) is 21.5 Å². The molecule has 146 valence electrons. The van der Waals surface area contributed by atoms with Crippen molar-refractivity contribution < 1.29 is 4.92 Å². The molecule has 0 atom stereocenters. The van der Waals surface area contributed by atoms with E-state index in [-0.39, 0.29) is 5.69 Å². The second-order valence-corrected chi connectivity index (χ2v) is 6.96. The Kier molecular flexibility index (Phi) is 4.19. The summed E-state index contributed by atoms with van der Waals surface area (Å²) in [5.41, 5.74) is 2.34. The molecule has 4 rings (SSSR count). The van der Waals surface area contributed by atoms with Crippen LogP contribution in [0.25, 0.3) is 27.8 Å². The highest BCUT2D eigenvalue weighted by molar-refractivity contribution is 5.95. The number of nitrogens with zero attached hydrogens (tertiary/aromatic N) is 4. The lowest BCUT2D eigenvalue weighted by molar-refractivity contribution is -0.384. The molecule has 0 unspecified atom stereocenters. The maximum Gasteiger partial charge on any atom is 0.330 e. The zero-order valence-corrected chi connectivity index (χ0v) is 16.1. The van der Waals surface area contributed by atoms with Gasteiger partial charge in [-0.25, -0.2) is 4.79 Å². The van der Waals surface area contributed by atoms with E-state index in [0.717, 1.165) is 15.8 Å². The van der Waals surface area contributed by atoms with Crippen LogP contribution in [0.2, 0.25) is 0 Å². The lowest BCUT2D eigenvalue weighted by atomic mass is 10.1. The van der Waals surface area contributed by atoms with Crippen LogP contribution >= 0.6 is 0 Å². The van der Waals surface area contributed by atoms with Gasteiger partial charge < -0.3 is 4.57 Å². The molecular weight excluding hydrogens is 372 g/mol. The molecule has 29 heavy (non-hydrogen) atoms. The Balaban J connectivity index is 2.20. The van der Waals surface area contributed by atoms with Crippen molar-refractivity contribution in [3.8, 4) is 16.9 Å². The molecule has 0 aliphatic heterocycles. The highest BCUT2D eigenvalue weighted by Crippen LogP contribution is 2.32. The smallest absolute Gasteiger partial charge is 0.314 e. The van der Waals surface area contributed by atoms with Gasteiger partial charge in [-0.15, -0.1) is 0 Å². The summed E-state index contributed by atoms with van der Waals surface area (Å²) in [4.78, 5) is 36.3. The van der Waals surface area contributed by atoms with Gasteiger partial charge in [-0.3, -0.25) is 24.0 Å². The lowest BCUT2D eigenvalue weighted by Gasteiger charge is -2.11. The van der Waals surface area contributed by atoms with E-state index in [4.69, 9.17) is 0 Å². The normalized spacial score (nSPS) is 11.1. The average molecular weight is 390 g/mol. The highest BCUT2D eigenvalue weighted by atomic mass is 16.6. The summed E-state index contributed by atoms with van der Waals surface area (Å²) in [6, 6.07) is 13.8. The van der Waals surface area contributed by atoms with Gasteiger partial charge in [-0.1, -0.05) is 24.3 Å². The summed E-state index contributed by atoms with van der Waals surface area (Å²) in [6.07, 6.45) is 1.72. The molecule has 0 aliphatic rings.